The summed E-state index contributed by atoms with van der Waals surface area (Å²) in [5, 5.41) is 3.68. The Hall–Kier alpha value is -1.65. The molecule has 1 aromatic carbocycles. The van der Waals surface area contributed by atoms with Gasteiger partial charge >= 0.3 is 0 Å². The minimum absolute atomic E-state index is 0.472. The van der Waals surface area contributed by atoms with Crippen LogP contribution in [0.2, 0.25) is 5.02 Å². The molecular formula is C12H12ClN3O. The van der Waals surface area contributed by atoms with Gasteiger partial charge in [0.1, 0.15) is 5.75 Å². The van der Waals surface area contributed by atoms with Gasteiger partial charge in [0.05, 0.1) is 11.9 Å². The Labute approximate surface area is 105 Å². The van der Waals surface area contributed by atoms with Gasteiger partial charge in [0.2, 0.25) is 5.88 Å². The number of aromatic nitrogens is 2. The van der Waals surface area contributed by atoms with Crippen LogP contribution in [-0.4, -0.2) is 17.0 Å². The summed E-state index contributed by atoms with van der Waals surface area (Å²) in [4.78, 5) is 8.36. The van der Waals surface area contributed by atoms with Crippen LogP contribution in [0.5, 0.6) is 11.6 Å². The lowest BCUT2D eigenvalue weighted by molar-refractivity contribution is 0.457. The first-order valence-corrected chi connectivity index (χ1v) is 5.54. The molecule has 0 aliphatic rings. The molecule has 0 radical (unpaired) electrons. The standard InChI is InChI=1S/C12H12ClN3O/c1-14-6-10-7-15-8-12(16-10)17-11-4-2-9(13)3-5-11/h2-5,7-8,14H,6H2,1H3. The lowest BCUT2D eigenvalue weighted by Gasteiger charge is -2.05. The normalized spacial score (nSPS) is 10.2. The zero-order valence-corrected chi connectivity index (χ0v) is 10.1. The lowest BCUT2D eigenvalue weighted by atomic mass is 10.3. The van der Waals surface area contributed by atoms with E-state index >= 15 is 0 Å². The molecule has 0 unspecified atom stereocenters. The molecule has 0 bridgehead atoms. The van der Waals surface area contributed by atoms with Crippen molar-refractivity contribution in [2.75, 3.05) is 7.05 Å². The number of hydrogen-bond donors (Lipinski definition) is 1. The lowest BCUT2D eigenvalue weighted by Crippen LogP contribution is -2.07. The monoisotopic (exact) mass is 249 g/mol. The summed E-state index contributed by atoms with van der Waals surface area (Å²) < 4.78 is 5.56. The molecule has 4 nitrogen and oxygen atoms in total. The molecule has 0 amide bonds. The Balaban J connectivity index is 2.12. The maximum Gasteiger partial charge on any atom is 0.238 e. The molecule has 2 rings (SSSR count). The van der Waals surface area contributed by atoms with Gasteiger partial charge < -0.3 is 10.1 Å². The third kappa shape index (κ3) is 3.41. The summed E-state index contributed by atoms with van der Waals surface area (Å²) in [5.41, 5.74) is 0.832. The fourth-order valence-corrected chi connectivity index (χ4v) is 1.45. The molecule has 0 aliphatic heterocycles. The van der Waals surface area contributed by atoms with E-state index < -0.39 is 0 Å². The van der Waals surface area contributed by atoms with Crippen LogP contribution in [-0.2, 0) is 6.54 Å². The van der Waals surface area contributed by atoms with E-state index in [0.717, 1.165) is 5.69 Å². The molecule has 0 fully saturated rings. The summed E-state index contributed by atoms with van der Waals surface area (Å²) in [7, 11) is 1.86. The second-order valence-electron chi connectivity index (χ2n) is 3.43. The Kier molecular flexibility index (Phi) is 3.90. The zero-order valence-electron chi connectivity index (χ0n) is 9.35. The quantitative estimate of drug-likeness (QED) is 0.905. The Morgan fingerprint density at radius 1 is 1.24 bits per heavy atom. The Morgan fingerprint density at radius 3 is 2.71 bits per heavy atom. The molecule has 88 valence electrons. The topological polar surface area (TPSA) is 47.0 Å². The smallest absolute Gasteiger partial charge is 0.238 e. The van der Waals surface area contributed by atoms with E-state index in [0.29, 0.717) is 23.2 Å². The van der Waals surface area contributed by atoms with Crippen molar-refractivity contribution in [2.24, 2.45) is 0 Å². The molecule has 1 N–H and O–H groups in total. The van der Waals surface area contributed by atoms with E-state index in [2.05, 4.69) is 15.3 Å². The predicted molar refractivity (Wildman–Crippen MR) is 66.3 cm³/mol. The average Bonchev–Trinajstić information content (AvgIpc) is 2.33. The number of nitrogens with zero attached hydrogens (tertiary/aromatic N) is 2. The second kappa shape index (κ2) is 5.61. The molecule has 1 heterocycles. The van der Waals surface area contributed by atoms with Crippen molar-refractivity contribution in [3.63, 3.8) is 0 Å². The largest absolute Gasteiger partial charge is 0.437 e. The van der Waals surface area contributed by atoms with Crippen molar-refractivity contribution < 1.29 is 4.74 Å². The molecule has 0 saturated heterocycles. The average molecular weight is 250 g/mol. The van der Waals surface area contributed by atoms with Gasteiger partial charge in [0.15, 0.2) is 0 Å². The maximum atomic E-state index is 5.79. The fourth-order valence-electron chi connectivity index (χ4n) is 1.33. The summed E-state index contributed by atoms with van der Waals surface area (Å²) in [6.45, 7) is 0.658. The highest BCUT2D eigenvalue weighted by Crippen LogP contribution is 2.20. The zero-order chi connectivity index (χ0) is 12.1. The minimum Gasteiger partial charge on any atom is -0.437 e. The van der Waals surface area contributed by atoms with Gasteiger partial charge in [0.25, 0.3) is 0 Å². The van der Waals surface area contributed by atoms with Gasteiger partial charge in [-0.3, -0.25) is 4.98 Å². The van der Waals surface area contributed by atoms with Crippen LogP contribution in [0.15, 0.2) is 36.7 Å². The number of benzene rings is 1. The van der Waals surface area contributed by atoms with E-state index in [9.17, 15) is 0 Å². The Bertz CT molecular complexity index is 487. The van der Waals surface area contributed by atoms with Gasteiger partial charge in [0, 0.05) is 17.8 Å². The van der Waals surface area contributed by atoms with Crippen molar-refractivity contribution in [1.82, 2.24) is 15.3 Å². The van der Waals surface area contributed by atoms with Crippen molar-refractivity contribution >= 4 is 11.6 Å². The number of ether oxygens (including phenoxy) is 1. The van der Waals surface area contributed by atoms with Crippen molar-refractivity contribution in [3.05, 3.63) is 47.4 Å². The van der Waals surface area contributed by atoms with E-state index in [4.69, 9.17) is 16.3 Å². The van der Waals surface area contributed by atoms with Gasteiger partial charge in [-0.1, -0.05) is 11.6 Å². The number of hydrogen-bond acceptors (Lipinski definition) is 4. The van der Waals surface area contributed by atoms with E-state index in [1.807, 2.05) is 7.05 Å². The van der Waals surface area contributed by atoms with E-state index in [1.54, 1.807) is 36.7 Å². The molecule has 17 heavy (non-hydrogen) atoms. The van der Waals surface area contributed by atoms with Gasteiger partial charge in [-0.2, -0.15) is 0 Å². The molecule has 0 atom stereocenters. The van der Waals surface area contributed by atoms with Crippen molar-refractivity contribution in [1.29, 1.82) is 0 Å². The highest BCUT2D eigenvalue weighted by Gasteiger charge is 2.01. The first-order chi connectivity index (χ1) is 8.28. The first kappa shape index (κ1) is 11.8. The summed E-state index contributed by atoms with van der Waals surface area (Å²) in [6, 6.07) is 7.10. The van der Waals surface area contributed by atoms with Crippen LogP contribution in [0, 0.1) is 0 Å². The molecule has 0 spiro atoms. The third-order valence-electron chi connectivity index (χ3n) is 2.06. The van der Waals surface area contributed by atoms with Crippen LogP contribution >= 0.6 is 11.6 Å². The maximum absolute atomic E-state index is 5.79. The van der Waals surface area contributed by atoms with E-state index in [1.165, 1.54) is 0 Å². The highest BCUT2D eigenvalue weighted by atomic mass is 35.5. The molecule has 5 heteroatoms. The van der Waals surface area contributed by atoms with E-state index in [-0.39, 0.29) is 0 Å². The van der Waals surface area contributed by atoms with Gasteiger partial charge in [-0.15, -0.1) is 0 Å². The first-order valence-electron chi connectivity index (χ1n) is 5.17. The number of halogens is 1. The van der Waals surface area contributed by atoms with Gasteiger partial charge in [-0.05, 0) is 31.3 Å². The summed E-state index contributed by atoms with van der Waals surface area (Å²) >= 11 is 5.79. The molecule has 0 saturated carbocycles. The number of rotatable bonds is 4. The van der Waals surface area contributed by atoms with Crippen LogP contribution in [0.3, 0.4) is 0 Å². The Morgan fingerprint density at radius 2 is 2.00 bits per heavy atom. The molecule has 1 aromatic heterocycles. The summed E-state index contributed by atoms with van der Waals surface area (Å²) in [6.07, 6.45) is 3.28. The van der Waals surface area contributed by atoms with Crippen LogP contribution in [0.1, 0.15) is 5.69 Å². The van der Waals surface area contributed by atoms with Crippen LogP contribution in [0.4, 0.5) is 0 Å². The second-order valence-corrected chi connectivity index (χ2v) is 3.87. The predicted octanol–water partition coefficient (Wildman–Crippen LogP) is 2.64. The van der Waals surface area contributed by atoms with Crippen LogP contribution in [0.25, 0.3) is 0 Å². The van der Waals surface area contributed by atoms with Crippen molar-refractivity contribution in [2.45, 2.75) is 6.54 Å². The van der Waals surface area contributed by atoms with Crippen molar-refractivity contribution in [3.8, 4) is 11.6 Å². The molecule has 2 aromatic rings. The molecular weight excluding hydrogens is 238 g/mol. The minimum atomic E-state index is 0.472. The highest BCUT2D eigenvalue weighted by molar-refractivity contribution is 6.30. The van der Waals surface area contributed by atoms with Crippen LogP contribution < -0.4 is 10.1 Å². The summed E-state index contributed by atoms with van der Waals surface area (Å²) in [5.74, 6) is 1.16. The SMILES string of the molecule is CNCc1cncc(Oc2ccc(Cl)cc2)n1. The molecule has 0 aliphatic carbocycles. The fraction of sp³-hybridized carbons (Fsp3) is 0.167. The third-order valence-corrected chi connectivity index (χ3v) is 2.31. The number of nitrogens with one attached hydrogen (secondary N) is 1. The van der Waals surface area contributed by atoms with Gasteiger partial charge in [-0.25, -0.2) is 4.98 Å².